The molecule has 0 spiro atoms. The number of rotatable bonds is 7. The smallest absolute Gasteiger partial charge is 0.274 e. The van der Waals surface area contributed by atoms with Crippen LogP contribution in [0.4, 0.5) is 5.69 Å². The molecule has 0 bridgehead atoms. The third-order valence-corrected chi connectivity index (χ3v) is 5.27. The van der Waals surface area contributed by atoms with Gasteiger partial charge in [-0.25, -0.2) is 4.99 Å². The molecule has 152 valence electrons. The van der Waals surface area contributed by atoms with Crippen molar-refractivity contribution in [2.24, 2.45) is 4.99 Å². The average molecular weight is 430 g/mol. The Morgan fingerprint density at radius 3 is 2.45 bits per heavy atom. The summed E-state index contributed by atoms with van der Waals surface area (Å²) in [6, 6.07) is 12.9. The lowest BCUT2D eigenvalue weighted by molar-refractivity contribution is -0.112. The van der Waals surface area contributed by atoms with Gasteiger partial charge in [-0.2, -0.15) is 0 Å². The molecule has 0 saturated heterocycles. The number of benzodiazepines with no additional fused rings is 1. The standard InChI is InChI=1S/C23H25Cl2N3O/c1-3-12-28(13-4-2)14-11-21-23(29)27-20-10-9-16(24)15-18(20)22(26-21)17-7-5-6-8-19(17)25/h5-11,15H,3-4,12-14H2,1-2H3,(H,27,29). The number of fused-ring (bicyclic) bond motifs is 1. The van der Waals surface area contributed by atoms with Gasteiger partial charge in [-0.1, -0.05) is 55.2 Å². The first-order valence-electron chi connectivity index (χ1n) is 9.90. The number of amides is 1. The quantitative estimate of drug-likeness (QED) is 0.566. The van der Waals surface area contributed by atoms with Crippen molar-refractivity contribution in [1.82, 2.24) is 4.90 Å². The van der Waals surface area contributed by atoms with Crippen LogP contribution in [0.1, 0.15) is 37.8 Å². The molecular formula is C23H25Cl2N3O. The average Bonchev–Trinajstić information content (AvgIpc) is 2.83. The number of benzene rings is 2. The zero-order valence-electron chi connectivity index (χ0n) is 16.7. The predicted octanol–water partition coefficient (Wildman–Crippen LogP) is 5.79. The fourth-order valence-corrected chi connectivity index (χ4v) is 3.78. The van der Waals surface area contributed by atoms with E-state index in [0.717, 1.165) is 37.1 Å². The molecule has 1 N–H and O–H groups in total. The number of nitrogens with one attached hydrogen (secondary N) is 1. The van der Waals surface area contributed by atoms with Gasteiger partial charge in [0.1, 0.15) is 5.70 Å². The molecule has 2 aromatic carbocycles. The second-order valence-electron chi connectivity index (χ2n) is 6.97. The van der Waals surface area contributed by atoms with Gasteiger partial charge in [-0.05, 0) is 56.3 Å². The van der Waals surface area contributed by atoms with E-state index in [2.05, 4.69) is 24.1 Å². The van der Waals surface area contributed by atoms with E-state index >= 15 is 0 Å². The fraction of sp³-hybridized carbons (Fsp3) is 0.304. The van der Waals surface area contributed by atoms with Crippen molar-refractivity contribution in [3.63, 3.8) is 0 Å². The van der Waals surface area contributed by atoms with Crippen molar-refractivity contribution in [3.05, 3.63) is 75.4 Å². The van der Waals surface area contributed by atoms with Crippen molar-refractivity contribution in [3.8, 4) is 0 Å². The molecule has 3 rings (SSSR count). The lowest BCUT2D eigenvalue weighted by atomic mass is 10.0. The van der Waals surface area contributed by atoms with Gasteiger partial charge in [-0.3, -0.25) is 9.69 Å². The molecular weight excluding hydrogens is 405 g/mol. The van der Waals surface area contributed by atoms with E-state index in [1.165, 1.54) is 0 Å². The summed E-state index contributed by atoms with van der Waals surface area (Å²) < 4.78 is 0. The van der Waals surface area contributed by atoms with Crippen LogP contribution in [0.2, 0.25) is 10.0 Å². The summed E-state index contributed by atoms with van der Waals surface area (Å²) in [5.41, 5.74) is 3.19. The number of hydrogen-bond acceptors (Lipinski definition) is 3. The highest BCUT2D eigenvalue weighted by Gasteiger charge is 2.23. The topological polar surface area (TPSA) is 44.7 Å². The van der Waals surface area contributed by atoms with Gasteiger partial charge >= 0.3 is 0 Å². The van der Waals surface area contributed by atoms with Gasteiger partial charge in [-0.15, -0.1) is 0 Å². The van der Waals surface area contributed by atoms with Gasteiger partial charge in [0, 0.05) is 27.7 Å². The molecule has 0 radical (unpaired) electrons. The molecule has 1 amide bonds. The van der Waals surface area contributed by atoms with Gasteiger partial charge in [0.05, 0.1) is 11.4 Å². The summed E-state index contributed by atoms with van der Waals surface area (Å²) in [4.78, 5) is 20.0. The number of halogens is 2. The molecule has 0 aromatic heterocycles. The minimum atomic E-state index is -0.233. The van der Waals surface area contributed by atoms with Crippen LogP contribution in [-0.4, -0.2) is 36.2 Å². The Kier molecular flexibility index (Phi) is 7.48. The van der Waals surface area contributed by atoms with Crippen LogP contribution in [0, 0.1) is 0 Å². The number of hydrogen-bond donors (Lipinski definition) is 1. The highest BCUT2D eigenvalue weighted by Crippen LogP contribution is 2.30. The first-order valence-corrected chi connectivity index (χ1v) is 10.7. The van der Waals surface area contributed by atoms with Crippen molar-refractivity contribution in [2.45, 2.75) is 26.7 Å². The number of anilines is 1. The zero-order valence-corrected chi connectivity index (χ0v) is 18.2. The summed E-state index contributed by atoms with van der Waals surface area (Å²) in [7, 11) is 0. The van der Waals surface area contributed by atoms with Crippen molar-refractivity contribution in [2.75, 3.05) is 25.0 Å². The Labute approximate surface area is 182 Å². The molecule has 4 nitrogen and oxygen atoms in total. The monoisotopic (exact) mass is 429 g/mol. The van der Waals surface area contributed by atoms with Crippen LogP contribution in [0.3, 0.4) is 0 Å². The number of carbonyl (C=O) groups excluding carboxylic acids is 1. The second kappa shape index (κ2) is 10.1. The van der Waals surface area contributed by atoms with Crippen LogP contribution >= 0.6 is 23.2 Å². The summed E-state index contributed by atoms with van der Waals surface area (Å²) in [5, 5.41) is 4.11. The maximum Gasteiger partial charge on any atom is 0.274 e. The molecule has 1 aliphatic heterocycles. The molecule has 1 aliphatic rings. The summed E-state index contributed by atoms with van der Waals surface area (Å²) in [5.74, 6) is -0.233. The van der Waals surface area contributed by atoms with Gasteiger partial charge in [0.2, 0.25) is 0 Å². The van der Waals surface area contributed by atoms with E-state index in [1.54, 1.807) is 12.1 Å². The summed E-state index contributed by atoms with van der Waals surface area (Å²) in [6.45, 7) is 6.94. The number of aliphatic imine (C=N–C) groups is 1. The van der Waals surface area contributed by atoms with Gasteiger partial charge in [0.15, 0.2) is 0 Å². The first-order chi connectivity index (χ1) is 14.0. The lowest BCUT2D eigenvalue weighted by Gasteiger charge is -2.19. The molecule has 29 heavy (non-hydrogen) atoms. The third kappa shape index (κ3) is 5.27. The van der Waals surface area contributed by atoms with Crippen LogP contribution in [-0.2, 0) is 4.79 Å². The molecule has 0 aliphatic carbocycles. The summed E-state index contributed by atoms with van der Waals surface area (Å²) in [6.07, 6.45) is 4.02. The molecule has 0 atom stereocenters. The van der Waals surface area contributed by atoms with E-state index in [-0.39, 0.29) is 5.91 Å². The molecule has 0 fully saturated rings. The largest absolute Gasteiger partial charge is 0.320 e. The minimum absolute atomic E-state index is 0.233. The number of carbonyl (C=O) groups is 1. The van der Waals surface area contributed by atoms with E-state index in [1.807, 2.05) is 36.4 Å². The van der Waals surface area contributed by atoms with Gasteiger partial charge in [0.25, 0.3) is 5.91 Å². The Balaban J connectivity index is 2.08. The van der Waals surface area contributed by atoms with Crippen LogP contribution in [0.15, 0.2) is 59.2 Å². The Bertz CT molecular complexity index is 947. The van der Waals surface area contributed by atoms with Crippen molar-refractivity contribution < 1.29 is 4.79 Å². The highest BCUT2D eigenvalue weighted by molar-refractivity contribution is 6.37. The Hall–Kier alpha value is -2.14. The SMILES string of the molecule is CCCN(CC=C1N=C(c2ccccc2Cl)c2cc(Cl)ccc2NC1=O)CCC. The highest BCUT2D eigenvalue weighted by atomic mass is 35.5. The second-order valence-corrected chi connectivity index (χ2v) is 7.82. The molecule has 0 saturated carbocycles. The normalized spacial score (nSPS) is 15.1. The first kappa shape index (κ1) is 21.6. The van der Waals surface area contributed by atoms with Crippen molar-refractivity contribution in [1.29, 1.82) is 0 Å². The van der Waals surface area contributed by atoms with Crippen LogP contribution < -0.4 is 5.32 Å². The Morgan fingerprint density at radius 2 is 1.76 bits per heavy atom. The molecule has 6 heteroatoms. The zero-order chi connectivity index (χ0) is 20.8. The third-order valence-electron chi connectivity index (χ3n) is 4.70. The Morgan fingerprint density at radius 1 is 1.03 bits per heavy atom. The van der Waals surface area contributed by atoms with E-state index in [9.17, 15) is 4.79 Å². The van der Waals surface area contributed by atoms with Gasteiger partial charge < -0.3 is 5.32 Å². The molecule has 0 unspecified atom stereocenters. The maximum atomic E-state index is 12.9. The van der Waals surface area contributed by atoms with Crippen molar-refractivity contribution >= 4 is 40.5 Å². The van der Waals surface area contributed by atoms with E-state index in [4.69, 9.17) is 28.2 Å². The lowest BCUT2D eigenvalue weighted by Crippen LogP contribution is -2.26. The fourth-order valence-electron chi connectivity index (χ4n) is 3.38. The van der Waals surface area contributed by atoms with E-state index in [0.29, 0.717) is 33.7 Å². The van der Waals surface area contributed by atoms with E-state index < -0.39 is 0 Å². The minimum Gasteiger partial charge on any atom is -0.320 e. The number of nitrogens with zero attached hydrogens (tertiary/aromatic N) is 2. The van der Waals surface area contributed by atoms with Crippen LogP contribution in [0.25, 0.3) is 0 Å². The molecule has 1 heterocycles. The predicted molar refractivity (Wildman–Crippen MR) is 122 cm³/mol. The maximum absolute atomic E-state index is 12.9. The molecule has 2 aromatic rings. The summed E-state index contributed by atoms with van der Waals surface area (Å²) >= 11 is 12.7. The van der Waals surface area contributed by atoms with Crippen LogP contribution in [0.5, 0.6) is 0 Å².